The van der Waals surface area contributed by atoms with Crippen LogP contribution in [-0.2, 0) is 6.42 Å². The van der Waals surface area contributed by atoms with E-state index in [-0.39, 0.29) is 22.7 Å². The summed E-state index contributed by atoms with van der Waals surface area (Å²) in [4.78, 5) is 22.7. The molecule has 0 saturated heterocycles. The maximum absolute atomic E-state index is 12.4. The van der Waals surface area contributed by atoms with Crippen molar-refractivity contribution in [3.63, 3.8) is 0 Å². The molecular formula is C20H19NO5. The molecule has 0 aromatic heterocycles. The molecule has 2 rings (SSSR count). The minimum Gasteiger partial charge on any atom is -0.508 e. The molecule has 0 saturated carbocycles. The monoisotopic (exact) mass is 353 g/mol. The lowest BCUT2D eigenvalue weighted by Gasteiger charge is -2.07. The predicted molar refractivity (Wildman–Crippen MR) is 99.4 cm³/mol. The first-order valence-corrected chi connectivity index (χ1v) is 7.93. The van der Waals surface area contributed by atoms with Gasteiger partial charge in [-0.1, -0.05) is 29.9 Å². The zero-order valence-electron chi connectivity index (χ0n) is 14.5. The van der Waals surface area contributed by atoms with Gasteiger partial charge in [-0.2, -0.15) is 0 Å². The maximum Gasteiger partial charge on any atom is 0.270 e. The average molecular weight is 353 g/mol. The molecular weight excluding hydrogens is 334 g/mol. The normalized spacial score (nSPS) is 10.7. The molecule has 0 aliphatic rings. The highest BCUT2D eigenvalue weighted by molar-refractivity contribution is 6.08. The van der Waals surface area contributed by atoms with Crippen LogP contribution in [0.2, 0.25) is 0 Å². The molecule has 2 N–H and O–H groups in total. The van der Waals surface area contributed by atoms with E-state index in [0.717, 1.165) is 11.6 Å². The van der Waals surface area contributed by atoms with Gasteiger partial charge in [-0.15, -0.1) is 0 Å². The number of benzene rings is 2. The number of rotatable bonds is 6. The topological polar surface area (TPSA) is 101 Å². The Morgan fingerprint density at radius 2 is 1.88 bits per heavy atom. The molecule has 6 heteroatoms. The lowest BCUT2D eigenvalue weighted by atomic mass is 10.0. The molecule has 0 amide bonds. The van der Waals surface area contributed by atoms with Crippen LogP contribution in [0, 0.1) is 10.1 Å². The van der Waals surface area contributed by atoms with Crippen LogP contribution in [0.15, 0.2) is 54.1 Å². The average Bonchev–Trinajstić information content (AvgIpc) is 2.59. The Morgan fingerprint density at radius 3 is 2.54 bits per heavy atom. The van der Waals surface area contributed by atoms with E-state index < -0.39 is 10.7 Å². The molecule has 0 fully saturated rings. The van der Waals surface area contributed by atoms with Crippen LogP contribution < -0.4 is 0 Å². The van der Waals surface area contributed by atoms with Crippen molar-refractivity contribution < 1.29 is 19.9 Å². The first kappa shape index (κ1) is 18.9. The summed E-state index contributed by atoms with van der Waals surface area (Å²) in [7, 11) is 0. The molecule has 0 aliphatic carbocycles. The highest BCUT2D eigenvalue weighted by Gasteiger charge is 2.13. The first-order valence-electron chi connectivity index (χ1n) is 7.93. The molecule has 0 spiro atoms. The lowest BCUT2D eigenvalue weighted by molar-refractivity contribution is -0.384. The number of hydrogen-bond donors (Lipinski definition) is 2. The SMILES string of the molecule is CC(C)=CCc1cc(C(=O)/C=C/c2cccc([N+](=O)[O-])c2)c(O)cc1O. The van der Waals surface area contributed by atoms with Crippen LogP contribution in [-0.4, -0.2) is 20.9 Å². The fraction of sp³-hybridized carbons (Fsp3) is 0.150. The van der Waals surface area contributed by atoms with Crippen LogP contribution in [0.5, 0.6) is 11.5 Å². The van der Waals surface area contributed by atoms with Crippen LogP contribution in [0.4, 0.5) is 5.69 Å². The van der Waals surface area contributed by atoms with E-state index in [1.165, 1.54) is 36.4 Å². The zero-order chi connectivity index (χ0) is 19.3. The Kier molecular flexibility index (Phi) is 5.90. The minimum absolute atomic E-state index is 0.0571. The van der Waals surface area contributed by atoms with Gasteiger partial charge in [0.05, 0.1) is 10.5 Å². The predicted octanol–water partition coefficient (Wildman–Crippen LogP) is 4.41. The number of phenols is 2. The zero-order valence-corrected chi connectivity index (χ0v) is 14.5. The first-order chi connectivity index (χ1) is 12.3. The van der Waals surface area contributed by atoms with Crippen LogP contribution in [0.25, 0.3) is 6.08 Å². The van der Waals surface area contributed by atoms with Crippen molar-refractivity contribution in [2.45, 2.75) is 20.3 Å². The quantitative estimate of drug-likeness (QED) is 0.263. The molecule has 0 radical (unpaired) electrons. The Morgan fingerprint density at radius 1 is 1.15 bits per heavy atom. The molecule has 0 unspecified atom stereocenters. The fourth-order valence-electron chi connectivity index (χ4n) is 2.30. The summed E-state index contributed by atoms with van der Waals surface area (Å²) in [5.74, 6) is -0.871. The second-order valence-electron chi connectivity index (χ2n) is 6.03. The van der Waals surface area contributed by atoms with E-state index in [0.29, 0.717) is 17.5 Å². The molecule has 2 aromatic carbocycles. The van der Waals surface area contributed by atoms with Gasteiger partial charge in [0.2, 0.25) is 0 Å². The summed E-state index contributed by atoms with van der Waals surface area (Å²) in [6, 6.07) is 8.46. The second kappa shape index (κ2) is 8.11. The van der Waals surface area contributed by atoms with Gasteiger partial charge in [0.15, 0.2) is 5.78 Å². The maximum atomic E-state index is 12.4. The van der Waals surface area contributed by atoms with Crippen molar-refractivity contribution in [1.29, 1.82) is 0 Å². The molecule has 26 heavy (non-hydrogen) atoms. The highest BCUT2D eigenvalue weighted by atomic mass is 16.6. The van der Waals surface area contributed by atoms with Crippen molar-refractivity contribution >= 4 is 17.5 Å². The lowest BCUT2D eigenvalue weighted by Crippen LogP contribution is -1.97. The van der Waals surface area contributed by atoms with E-state index in [2.05, 4.69) is 0 Å². The van der Waals surface area contributed by atoms with Gasteiger partial charge in [-0.3, -0.25) is 14.9 Å². The van der Waals surface area contributed by atoms with Gasteiger partial charge in [0.1, 0.15) is 11.5 Å². The smallest absolute Gasteiger partial charge is 0.270 e. The second-order valence-corrected chi connectivity index (χ2v) is 6.03. The molecule has 134 valence electrons. The number of carbonyl (C=O) groups is 1. The van der Waals surface area contributed by atoms with Crippen LogP contribution >= 0.6 is 0 Å². The number of phenolic OH excluding ortho intramolecular Hbond substituents is 2. The summed E-state index contributed by atoms with van der Waals surface area (Å²) in [5, 5.41) is 30.7. The standard InChI is InChI=1S/C20H19NO5/c1-13(2)6-8-15-11-17(20(24)12-19(15)23)18(22)9-7-14-4-3-5-16(10-14)21(25)26/h3-7,9-12,23-24H,8H2,1-2H3/b9-7+. The number of hydrogen-bond acceptors (Lipinski definition) is 5. The van der Waals surface area contributed by atoms with Gasteiger partial charge < -0.3 is 10.2 Å². The summed E-state index contributed by atoms with van der Waals surface area (Å²) < 4.78 is 0. The molecule has 0 bridgehead atoms. The number of nitrogens with zero attached hydrogens (tertiary/aromatic N) is 1. The third kappa shape index (κ3) is 4.80. The van der Waals surface area contributed by atoms with Crippen molar-refractivity contribution in [2.75, 3.05) is 0 Å². The van der Waals surface area contributed by atoms with Gasteiger partial charge >= 0.3 is 0 Å². The Balaban J connectivity index is 2.29. The largest absolute Gasteiger partial charge is 0.508 e. The molecule has 2 aromatic rings. The van der Waals surface area contributed by atoms with E-state index in [4.69, 9.17) is 0 Å². The highest BCUT2D eigenvalue weighted by Crippen LogP contribution is 2.29. The summed E-state index contributed by atoms with van der Waals surface area (Å²) in [6.07, 6.45) is 5.01. The Hall–Kier alpha value is -3.41. The summed E-state index contributed by atoms with van der Waals surface area (Å²) in [6.45, 7) is 3.84. The van der Waals surface area contributed by atoms with Gasteiger partial charge in [-0.25, -0.2) is 0 Å². The number of nitro benzene ring substituents is 1. The van der Waals surface area contributed by atoms with Gasteiger partial charge in [0, 0.05) is 18.2 Å². The number of aromatic hydroxyl groups is 2. The minimum atomic E-state index is -0.513. The van der Waals surface area contributed by atoms with E-state index >= 15 is 0 Å². The fourth-order valence-corrected chi connectivity index (χ4v) is 2.30. The van der Waals surface area contributed by atoms with Crippen molar-refractivity contribution in [3.05, 3.63) is 80.9 Å². The molecule has 0 aliphatic heterocycles. The Bertz CT molecular complexity index is 908. The third-order valence-corrected chi connectivity index (χ3v) is 3.70. The summed E-state index contributed by atoms with van der Waals surface area (Å²) >= 11 is 0. The molecule has 0 atom stereocenters. The van der Waals surface area contributed by atoms with E-state index in [1.54, 1.807) is 6.07 Å². The number of allylic oxidation sites excluding steroid dienone is 3. The Labute approximate surface area is 150 Å². The number of ketones is 1. The number of non-ortho nitro benzene ring substituents is 1. The van der Waals surface area contributed by atoms with Gasteiger partial charge in [-0.05, 0) is 43.5 Å². The number of carbonyl (C=O) groups excluding carboxylic acids is 1. The van der Waals surface area contributed by atoms with E-state index in [1.807, 2.05) is 19.9 Å². The molecule has 0 heterocycles. The number of nitro groups is 1. The van der Waals surface area contributed by atoms with Crippen LogP contribution in [0.3, 0.4) is 0 Å². The van der Waals surface area contributed by atoms with Crippen LogP contribution in [0.1, 0.15) is 35.3 Å². The van der Waals surface area contributed by atoms with Gasteiger partial charge in [0.25, 0.3) is 5.69 Å². The van der Waals surface area contributed by atoms with Crippen molar-refractivity contribution in [3.8, 4) is 11.5 Å². The third-order valence-electron chi connectivity index (χ3n) is 3.70. The van der Waals surface area contributed by atoms with Crippen molar-refractivity contribution in [1.82, 2.24) is 0 Å². The van der Waals surface area contributed by atoms with E-state index in [9.17, 15) is 25.1 Å². The molecule has 6 nitrogen and oxygen atoms in total. The van der Waals surface area contributed by atoms with Crippen molar-refractivity contribution in [2.24, 2.45) is 0 Å². The summed E-state index contributed by atoms with van der Waals surface area (Å²) in [5.41, 5.74) is 2.07.